The highest BCUT2D eigenvalue weighted by Crippen LogP contribution is 2.25. The number of hydrogen-bond donors (Lipinski definition) is 1. The van der Waals surface area contributed by atoms with E-state index in [-0.39, 0.29) is 11.3 Å². The standard InChI is InChI=1S/C16H16ClN5O/c1-9(2)22-8-13(15(18)23)12-7-20-11(6-14(12)22)5-10-3-4-19-16(17)21-10/h3-4,6-9H,5H2,1-2H3,(H2,18,23). The summed E-state index contributed by atoms with van der Waals surface area (Å²) in [6.07, 6.45) is 5.62. The number of amides is 1. The quantitative estimate of drug-likeness (QED) is 0.745. The van der Waals surface area contributed by atoms with E-state index in [2.05, 4.69) is 28.8 Å². The number of rotatable bonds is 4. The zero-order valence-corrected chi connectivity index (χ0v) is 13.6. The number of halogens is 1. The third kappa shape index (κ3) is 3.03. The predicted octanol–water partition coefficient (Wildman–Crippen LogP) is 2.75. The fraction of sp³-hybridized carbons (Fsp3) is 0.250. The van der Waals surface area contributed by atoms with E-state index in [1.165, 1.54) is 0 Å². The molecule has 0 atom stereocenters. The van der Waals surface area contributed by atoms with Crippen LogP contribution in [-0.2, 0) is 6.42 Å². The van der Waals surface area contributed by atoms with E-state index in [1.807, 2.05) is 10.6 Å². The van der Waals surface area contributed by atoms with Gasteiger partial charge in [-0.15, -0.1) is 0 Å². The summed E-state index contributed by atoms with van der Waals surface area (Å²) in [5, 5.41) is 0.973. The molecule has 0 unspecified atom stereocenters. The topological polar surface area (TPSA) is 86.7 Å². The molecule has 0 aliphatic carbocycles. The fourth-order valence-corrected chi connectivity index (χ4v) is 2.72. The molecule has 0 aromatic carbocycles. The maximum absolute atomic E-state index is 11.6. The van der Waals surface area contributed by atoms with E-state index >= 15 is 0 Å². The van der Waals surface area contributed by atoms with Crippen LogP contribution in [0.5, 0.6) is 0 Å². The van der Waals surface area contributed by atoms with Crippen LogP contribution in [0, 0.1) is 0 Å². The first kappa shape index (κ1) is 15.4. The Morgan fingerprint density at radius 1 is 1.35 bits per heavy atom. The van der Waals surface area contributed by atoms with E-state index < -0.39 is 5.91 Å². The van der Waals surface area contributed by atoms with Gasteiger partial charge >= 0.3 is 0 Å². The molecule has 3 rings (SSSR count). The zero-order chi connectivity index (χ0) is 16.6. The molecule has 1 amide bonds. The van der Waals surface area contributed by atoms with Gasteiger partial charge in [0.05, 0.1) is 16.8 Å². The molecule has 0 radical (unpaired) electrons. The summed E-state index contributed by atoms with van der Waals surface area (Å²) in [6, 6.07) is 3.96. The first-order valence-electron chi connectivity index (χ1n) is 7.22. The minimum Gasteiger partial charge on any atom is -0.366 e. The maximum atomic E-state index is 11.6. The number of aromatic nitrogens is 4. The summed E-state index contributed by atoms with van der Waals surface area (Å²) < 4.78 is 2.02. The van der Waals surface area contributed by atoms with Crippen molar-refractivity contribution in [3.05, 3.63) is 53.0 Å². The Bertz CT molecular complexity index is 887. The third-order valence-electron chi connectivity index (χ3n) is 3.64. The molecule has 2 N–H and O–H groups in total. The van der Waals surface area contributed by atoms with Gasteiger partial charge in [0.25, 0.3) is 5.91 Å². The van der Waals surface area contributed by atoms with Crippen LogP contribution in [0.15, 0.2) is 30.7 Å². The van der Waals surface area contributed by atoms with Gasteiger partial charge in [-0.05, 0) is 37.6 Å². The number of hydrogen-bond acceptors (Lipinski definition) is 4. The lowest BCUT2D eigenvalue weighted by Crippen LogP contribution is -2.10. The lowest BCUT2D eigenvalue weighted by Gasteiger charge is -2.09. The molecule has 3 heterocycles. The van der Waals surface area contributed by atoms with E-state index in [0.29, 0.717) is 12.0 Å². The van der Waals surface area contributed by atoms with Gasteiger partial charge < -0.3 is 10.3 Å². The second-order valence-corrected chi connectivity index (χ2v) is 5.93. The SMILES string of the molecule is CC(C)n1cc(C(N)=O)c2cnc(Cc3ccnc(Cl)n3)cc21. The van der Waals surface area contributed by atoms with Crippen LogP contribution < -0.4 is 5.73 Å². The Labute approximate surface area is 138 Å². The zero-order valence-electron chi connectivity index (χ0n) is 12.8. The molecule has 0 saturated heterocycles. The minimum atomic E-state index is -0.452. The number of pyridine rings is 1. The van der Waals surface area contributed by atoms with Crippen molar-refractivity contribution in [1.82, 2.24) is 19.5 Å². The number of fused-ring (bicyclic) bond motifs is 1. The molecular formula is C16H16ClN5O. The van der Waals surface area contributed by atoms with Crippen LogP contribution in [0.3, 0.4) is 0 Å². The summed E-state index contributed by atoms with van der Waals surface area (Å²) in [4.78, 5) is 24.1. The molecule has 0 saturated carbocycles. The average molecular weight is 330 g/mol. The molecule has 7 heteroatoms. The summed E-state index contributed by atoms with van der Waals surface area (Å²) >= 11 is 5.81. The highest BCUT2D eigenvalue weighted by molar-refractivity contribution is 6.28. The normalized spacial score (nSPS) is 11.3. The van der Waals surface area contributed by atoms with Crippen LogP contribution >= 0.6 is 11.6 Å². The molecule has 0 bridgehead atoms. The molecule has 118 valence electrons. The highest BCUT2D eigenvalue weighted by atomic mass is 35.5. The summed E-state index contributed by atoms with van der Waals surface area (Å²) in [5.74, 6) is -0.452. The molecule has 0 aliphatic heterocycles. The van der Waals surface area contributed by atoms with Crippen molar-refractivity contribution in [2.45, 2.75) is 26.3 Å². The highest BCUT2D eigenvalue weighted by Gasteiger charge is 2.15. The van der Waals surface area contributed by atoms with Crippen LogP contribution in [0.2, 0.25) is 5.28 Å². The molecule has 3 aromatic rings. The average Bonchev–Trinajstić information content (AvgIpc) is 2.86. The van der Waals surface area contributed by atoms with Crippen molar-refractivity contribution >= 4 is 28.4 Å². The van der Waals surface area contributed by atoms with Gasteiger partial charge in [0.1, 0.15) is 0 Å². The Morgan fingerprint density at radius 3 is 2.78 bits per heavy atom. The summed E-state index contributed by atoms with van der Waals surface area (Å²) in [7, 11) is 0. The lowest BCUT2D eigenvalue weighted by molar-refractivity contribution is 0.100. The van der Waals surface area contributed by atoms with E-state index in [1.54, 1.807) is 24.7 Å². The summed E-state index contributed by atoms with van der Waals surface area (Å²) in [6.45, 7) is 4.10. The number of carbonyl (C=O) groups is 1. The first-order valence-corrected chi connectivity index (χ1v) is 7.60. The minimum absolute atomic E-state index is 0.203. The van der Waals surface area contributed by atoms with Crippen molar-refractivity contribution in [1.29, 1.82) is 0 Å². The van der Waals surface area contributed by atoms with E-state index in [0.717, 1.165) is 22.3 Å². The third-order valence-corrected chi connectivity index (χ3v) is 3.83. The van der Waals surface area contributed by atoms with Gasteiger partial charge in [0.2, 0.25) is 5.28 Å². The van der Waals surface area contributed by atoms with Gasteiger partial charge in [-0.1, -0.05) is 0 Å². The largest absolute Gasteiger partial charge is 0.366 e. The van der Waals surface area contributed by atoms with Crippen molar-refractivity contribution < 1.29 is 4.79 Å². The Kier molecular flexibility index (Phi) is 4.00. The Morgan fingerprint density at radius 2 is 2.13 bits per heavy atom. The fourth-order valence-electron chi connectivity index (χ4n) is 2.56. The van der Waals surface area contributed by atoms with Gasteiger partial charge in [0, 0.05) is 42.1 Å². The molecule has 23 heavy (non-hydrogen) atoms. The number of nitrogens with zero attached hydrogens (tertiary/aromatic N) is 4. The molecule has 0 aliphatic rings. The first-order chi connectivity index (χ1) is 11.0. The number of nitrogens with two attached hydrogens (primary N) is 1. The second kappa shape index (κ2) is 5.96. The molecule has 0 fully saturated rings. The monoisotopic (exact) mass is 329 g/mol. The van der Waals surface area contributed by atoms with E-state index in [4.69, 9.17) is 17.3 Å². The summed E-state index contributed by atoms with van der Waals surface area (Å²) in [5.41, 5.74) is 8.50. The Balaban J connectivity index is 2.07. The van der Waals surface area contributed by atoms with Crippen LogP contribution in [-0.4, -0.2) is 25.4 Å². The second-order valence-electron chi connectivity index (χ2n) is 5.59. The van der Waals surface area contributed by atoms with Crippen LogP contribution in [0.25, 0.3) is 10.9 Å². The maximum Gasteiger partial charge on any atom is 0.250 e. The van der Waals surface area contributed by atoms with Gasteiger partial charge in [-0.2, -0.15) is 0 Å². The predicted molar refractivity (Wildman–Crippen MR) is 88.5 cm³/mol. The van der Waals surface area contributed by atoms with Crippen molar-refractivity contribution in [3.63, 3.8) is 0 Å². The van der Waals surface area contributed by atoms with Crippen molar-refractivity contribution in [2.75, 3.05) is 0 Å². The van der Waals surface area contributed by atoms with E-state index in [9.17, 15) is 4.79 Å². The van der Waals surface area contributed by atoms with Gasteiger partial charge in [0.15, 0.2) is 0 Å². The van der Waals surface area contributed by atoms with Crippen LogP contribution in [0.4, 0.5) is 0 Å². The molecule has 6 nitrogen and oxygen atoms in total. The van der Waals surface area contributed by atoms with Gasteiger partial charge in [-0.3, -0.25) is 9.78 Å². The Hall–Kier alpha value is -2.47. The molecule has 3 aromatic heterocycles. The smallest absolute Gasteiger partial charge is 0.250 e. The lowest BCUT2D eigenvalue weighted by atomic mass is 10.1. The van der Waals surface area contributed by atoms with Crippen molar-refractivity contribution in [2.24, 2.45) is 5.73 Å². The molecular weight excluding hydrogens is 314 g/mol. The molecule has 0 spiro atoms. The van der Waals surface area contributed by atoms with Crippen LogP contribution in [0.1, 0.15) is 41.6 Å². The number of carbonyl (C=O) groups excluding carboxylic acids is 1. The van der Waals surface area contributed by atoms with Gasteiger partial charge in [-0.25, -0.2) is 9.97 Å². The number of primary amides is 1. The van der Waals surface area contributed by atoms with Crippen molar-refractivity contribution in [3.8, 4) is 0 Å².